The molecule has 0 aliphatic heterocycles. The quantitative estimate of drug-likeness (QED) is 0.449. The Labute approximate surface area is 168 Å². The van der Waals surface area contributed by atoms with Crippen molar-refractivity contribution in [3.05, 3.63) is 53.6 Å². The molecular formula is C21H24N2O4S. The number of carbonyl (C=O) groups excluding carboxylic acids is 1. The van der Waals surface area contributed by atoms with Gasteiger partial charge >= 0.3 is 12.0 Å². The van der Waals surface area contributed by atoms with Crippen LogP contribution in [0.1, 0.15) is 31.4 Å². The van der Waals surface area contributed by atoms with Crippen LogP contribution < -0.4 is 10.6 Å². The van der Waals surface area contributed by atoms with Crippen LogP contribution in [-0.4, -0.2) is 33.0 Å². The Kier molecular flexibility index (Phi) is 5.84. The zero-order chi connectivity index (χ0) is 20.3. The number of anilines is 1. The molecule has 2 amide bonds. The number of amides is 2. The van der Waals surface area contributed by atoms with E-state index in [0.29, 0.717) is 5.69 Å². The van der Waals surface area contributed by atoms with Gasteiger partial charge in [-0.2, -0.15) is 0 Å². The number of aliphatic carboxylic acids is 1. The summed E-state index contributed by atoms with van der Waals surface area (Å²) in [5.41, 5.74) is 3.01. The normalized spacial score (nSPS) is 16.1. The number of thioether (sulfide) groups is 1. The molecule has 1 unspecified atom stereocenters. The summed E-state index contributed by atoms with van der Waals surface area (Å²) in [6.07, 6.45) is 2.40. The number of fused-ring (bicyclic) bond motifs is 1. The first-order valence-corrected chi connectivity index (χ1v) is 9.95. The molecule has 1 atom stereocenters. The monoisotopic (exact) mass is 400 g/mol. The Hall–Kier alpha value is -2.67. The molecule has 1 aliphatic carbocycles. The lowest BCUT2D eigenvalue weighted by atomic mass is 9.88. The van der Waals surface area contributed by atoms with Crippen molar-refractivity contribution in [1.82, 2.24) is 5.32 Å². The number of hydrogen-bond donors (Lipinski definition) is 4. The minimum Gasteiger partial charge on any atom is -0.508 e. The van der Waals surface area contributed by atoms with Crippen molar-refractivity contribution < 1.29 is 19.8 Å². The number of nitrogens with one attached hydrogen (secondary N) is 2. The van der Waals surface area contributed by atoms with Crippen LogP contribution in [0, 0.1) is 0 Å². The first kappa shape index (κ1) is 20.1. The molecule has 0 fully saturated rings. The Balaban J connectivity index is 1.59. The van der Waals surface area contributed by atoms with Crippen LogP contribution in [0.4, 0.5) is 10.5 Å². The Bertz CT molecular complexity index is 880. The van der Waals surface area contributed by atoms with Crippen LogP contribution in [0.2, 0.25) is 0 Å². The summed E-state index contributed by atoms with van der Waals surface area (Å²) in [4.78, 5) is 24.5. The molecule has 1 aliphatic rings. The maximum Gasteiger partial charge on any atom is 0.319 e. The largest absolute Gasteiger partial charge is 0.508 e. The fourth-order valence-corrected chi connectivity index (χ4v) is 4.17. The first-order chi connectivity index (χ1) is 13.2. The number of benzene rings is 2. The molecular weight excluding hydrogens is 376 g/mol. The predicted octanol–water partition coefficient (Wildman–Crippen LogP) is 4.03. The Morgan fingerprint density at radius 1 is 1.11 bits per heavy atom. The van der Waals surface area contributed by atoms with Crippen LogP contribution in [-0.2, 0) is 17.6 Å². The fraction of sp³-hybridized carbons (Fsp3) is 0.333. The molecule has 0 spiro atoms. The average molecular weight is 401 g/mol. The van der Waals surface area contributed by atoms with Gasteiger partial charge in [0.25, 0.3) is 0 Å². The topological polar surface area (TPSA) is 98.7 Å². The van der Waals surface area contributed by atoms with Crippen LogP contribution >= 0.6 is 11.8 Å². The molecule has 3 rings (SSSR count). The number of hydrogen-bond acceptors (Lipinski definition) is 4. The number of aryl methyl sites for hydroxylation is 1. The summed E-state index contributed by atoms with van der Waals surface area (Å²) in [6, 6.07) is 12.1. The molecule has 0 saturated heterocycles. The Morgan fingerprint density at radius 3 is 2.50 bits per heavy atom. The van der Waals surface area contributed by atoms with Crippen molar-refractivity contribution in [2.75, 3.05) is 5.32 Å². The minimum atomic E-state index is -0.876. The smallest absolute Gasteiger partial charge is 0.319 e. The van der Waals surface area contributed by atoms with Crippen LogP contribution in [0.5, 0.6) is 5.75 Å². The van der Waals surface area contributed by atoms with Crippen LogP contribution in [0.15, 0.2) is 47.4 Å². The third kappa shape index (κ3) is 4.98. The minimum absolute atomic E-state index is 0.0404. The molecule has 0 bridgehead atoms. The van der Waals surface area contributed by atoms with E-state index in [9.17, 15) is 19.8 Å². The number of carbonyl (C=O) groups is 2. The van der Waals surface area contributed by atoms with E-state index in [-0.39, 0.29) is 17.8 Å². The van der Waals surface area contributed by atoms with Crippen LogP contribution in [0.3, 0.4) is 0 Å². The van der Waals surface area contributed by atoms with Gasteiger partial charge in [0.05, 0.1) is 0 Å². The molecule has 6 nitrogen and oxygen atoms in total. The standard InChI is InChI=1S/C21H24N2O4S/c1-21(2,19(25)26)28-18-10-4-13-11-16(5-3-14(13)12-18)23-20(27)22-15-6-8-17(24)9-7-15/h4,6-10,12,16,24H,3,5,11H2,1-2H3,(H,25,26)(H2,22,23,27). The molecule has 2 aromatic carbocycles. The molecule has 28 heavy (non-hydrogen) atoms. The van der Waals surface area contributed by atoms with Crippen molar-refractivity contribution in [1.29, 1.82) is 0 Å². The van der Waals surface area contributed by atoms with E-state index in [0.717, 1.165) is 24.2 Å². The zero-order valence-electron chi connectivity index (χ0n) is 15.9. The second kappa shape index (κ2) is 8.14. The number of carboxylic acids is 1. The van der Waals surface area contributed by atoms with Gasteiger partial charge in [0.2, 0.25) is 0 Å². The van der Waals surface area contributed by atoms with E-state index in [4.69, 9.17) is 0 Å². The predicted molar refractivity (Wildman–Crippen MR) is 110 cm³/mol. The van der Waals surface area contributed by atoms with E-state index in [2.05, 4.69) is 16.7 Å². The van der Waals surface area contributed by atoms with Gasteiger partial charge in [-0.3, -0.25) is 4.79 Å². The Morgan fingerprint density at radius 2 is 1.82 bits per heavy atom. The SMILES string of the molecule is CC(C)(Sc1ccc2c(c1)CCC(NC(=O)Nc1ccc(O)cc1)C2)C(=O)O. The lowest BCUT2D eigenvalue weighted by Crippen LogP contribution is -2.41. The van der Waals surface area contributed by atoms with Gasteiger partial charge in [-0.05, 0) is 80.6 Å². The van der Waals surface area contributed by atoms with Crippen LogP contribution in [0.25, 0.3) is 0 Å². The molecule has 4 N–H and O–H groups in total. The van der Waals surface area contributed by atoms with Crippen molar-refractivity contribution in [3.63, 3.8) is 0 Å². The summed E-state index contributed by atoms with van der Waals surface area (Å²) in [5.74, 6) is -0.682. The number of carboxylic acid groups (broad SMARTS) is 1. The highest BCUT2D eigenvalue weighted by Gasteiger charge is 2.29. The molecule has 0 heterocycles. The lowest BCUT2D eigenvalue weighted by Gasteiger charge is -2.27. The van der Waals surface area contributed by atoms with Crippen molar-refractivity contribution >= 4 is 29.4 Å². The number of phenols is 1. The summed E-state index contributed by atoms with van der Waals surface area (Å²) in [6.45, 7) is 3.40. The van der Waals surface area contributed by atoms with E-state index in [1.807, 2.05) is 12.1 Å². The number of rotatable bonds is 5. The second-order valence-corrected chi connectivity index (χ2v) is 9.13. The third-order valence-electron chi connectivity index (χ3n) is 4.75. The van der Waals surface area contributed by atoms with E-state index >= 15 is 0 Å². The van der Waals surface area contributed by atoms with E-state index in [1.165, 1.54) is 35.0 Å². The summed E-state index contributed by atoms with van der Waals surface area (Å²) >= 11 is 1.34. The van der Waals surface area contributed by atoms with E-state index in [1.54, 1.807) is 26.0 Å². The maximum absolute atomic E-state index is 12.2. The lowest BCUT2D eigenvalue weighted by molar-refractivity contribution is -0.138. The fourth-order valence-electron chi connectivity index (χ4n) is 3.15. The second-order valence-electron chi connectivity index (χ2n) is 7.43. The van der Waals surface area contributed by atoms with Gasteiger partial charge < -0.3 is 20.8 Å². The highest BCUT2D eigenvalue weighted by atomic mass is 32.2. The average Bonchev–Trinajstić information content (AvgIpc) is 2.63. The van der Waals surface area contributed by atoms with Gasteiger partial charge in [0.15, 0.2) is 0 Å². The highest BCUT2D eigenvalue weighted by molar-refractivity contribution is 8.01. The molecule has 0 saturated carbocycles. The van der Waals surface area contributed by atoms with Gasteiger partial charge in [-0.25, -0.2) is 4.79 Å². The zero-order valence-corrected chi connectivity index (χ0v) is 16.7. The molecule has 148 valence electrons. The number of phenolic OH excluding ortho intramolecular Hbond substituents is 1. The van der Waals surface area contributed by atoms with Crippen molar-refractivity contribution in [2.24, 2.45) is 0 Å². The maximum atomic E-state index is 12.2. The van der Waals surface area contributed by atoms with E-state index < -0.39 is 10.7 Å². The summed E-state index contributed by atoms with van der Waals surface area (Å²) in [7, 11) is 0. The molecule has 0 radical (unpaired) electrons. The number of aromatic hydroxyl groups is 1. The molecule has 0 aromatic heterocycles. The molecule has 2 aromatic rings. The van der Waals surface area contributed by atoms with Gasteiger partial charge in [-0.15, -0.1) is 11.8 Å². The van der Waals surface area contributed by atoms with Gasteiger partial charge in [0, 0.05) is 16.6 Å². The first-order valence-electron chi connectivity index (χ1n) is 9.14. The summed E-state index contributed by atoms with van der Waals surface area (Å²) < 4.78 is -0.876. The molecule has 7 heteroatoms. The van der Waals surface area contributed by atoms with Gasteiger partial charge in [0.1, 0.15) is 10.5 Å². The third-order valence-corrected chi connectivity index (χ3v) is 5.93. The number of urea groups is 1. The van der Waals surface area contributed by atoms with Crippen molar-refractivity contribution in [2.45, 2.75) is 48.8 Å². The highest BCUT2D eigenvalue weighted by Crippen LogP contribution is 2.35. The van der Waals surface area contributed by atoms with Gasteiger partial charge in [-0.1, -0.05) is 6.07 Å². The summed E-state index contributed by atoms with van der Waals surface area (Å²) in [5, 5.41) is 24.4. The van der Waals surface area contributed by atoms with Crippen molar-refractivity contribution in [3.8, 4) is 5.75 Å².